The fraction of sp³-hybridized carbons (Fsp3) is 0.368. The van der Waals surface area contributed by atoms with E-state index in [4.69, 9.17) is 5.11 Å². The van der Waals surface area contributed by atoms with Crippen LogP contribution >= 0.6 is 0 Å². The number of carbonyl (C=O) groups is 1. The number of hydrogen-bond acceptors (Lipinski definition) is 3. The monoisotopic (exact) mass is 343 g/mol. The third kappa shape index (κ3) is 4.93. The van der Waals surface area contributed by atoms with Gasteiger partial charge in [0.1, 0.15) is 5.69 Å². The molecule has 25 heavy (non-hydrogen) atoms. The van der Waals surface area contributed by atoms with Crippen molar-refractivity contribution in [3.63, 3.8) is 0 Å². The maximum atomic E-state index is 12.6. The number of anilines is 1. The van der Waals surface area contributed by atoms with Crippen molar-refractivity contribution in [2.75, 3.05) is 18.5 Å². The number of hydrogen-bond donors (Lipinski definition) is 2. The maximum Gasteiger partial charge on any atom is 0.322 e. The molecule has 0 aliphatic rings. The summed E-state index contributed by atoms with van der Waals surface area (Å²) in [4.78, 5) is 26.4. The van der Waals surface area contributed by atoms with Crippen molar-refractivity contribution >= 4 is 11.7 Å². The van der Waals surface area contributed by atoms with Gasteiger partial charge < -0.3 is 19.9 Å². The number of carbonyl (C=O) groups excluding carboxylic acids is 1. The van der Waals surface area contributed by atoms with Crippen LogP contribution in [0.15, 0.2) is 47.4 Å². The number of rotatable bonds is 6. The summed E-state index contributed by atoms with van der Waals surface area (Å²) in [5.74, 6) is 0. The van der Waals surface area contributed by atoms with Crippen LogP contribution in [0.25, 0.3) is 0 Å². The van der Waals surface area contributed by atoms with Gasteiger partial charge in [-0.1, -0.05) is 29.8 Å². The third-order valence-corrected chi connectivity index (χ3v) is 3.96. The Morgan fingerprint density at radius 3 is 2.52 bits per heavy atom. The fourth-order valence-corrected chi connectivity index (χ4v) is 2.54. The fourth-order valence-electron chi connectivity index (χ4n) is 2.54. The minimum Gasteiger partial charge on any atom is -0.395 e. The van der Waals surface area contributed by atoms with Crippen LogP contribution < -0.4 is 10.9 Å². The van der Waals surface area contributed by atoms with Gasteiger partial charge >= 0.3 is 6.03 Å². The van der Waals surface area contributed by atoms with E-state index in [2.05, 4.69) is 5.32 Å². The van der Waals surface area contributed by atoms with Crippen molar-refractivity contribution in [3.8, 4) is 0 Å². The first-order chi connectivity index (χ1) is 11.9. The summed E-state index contributed by atoms with van der Waals surface area (Å²) in [5.41, 5.74) is 2.14. The van der Waals surface area contributed by atoms with Gasteiger partial charge in [-0.15, -0.1) is 0 Å². The molecular weight excluding hydrogens is 318 g/mol. The number of aliphatic hydroxyl groups excluding tert-OH is 1. The number of nitrogens with zero attached hydrogens (tertiary/aromatic N) is 2. The smallest absolute Gasteiger partial charge is 0.322 e. The molecule has 1 aromatic heterocycles. The number of aliphatic hydroxyl groups is 1. The predicted molar refractivity (Wildman–Crippen MR) is 98.9 cm³/mol. The van der Waals surface area contributed by atoms with Crippen molar-refractivity contribution in [2.45, 2.75) is 33.4 Å². The highest BCUT2D eigenvalue weighted by atomic mass is 16.3. The van der Waals surface area contributed by atoms with E-state index in [-0.39, 0.29) is 30.4 Å². The molecule has 2 N–H and O–H groups in total. The molecule has 134 valence electrons. The molecule has 0 bridgehead atoms. The Labute approximate surface area is 147 Å². The second kappa shape index (κ2) is 8.48. The first-order valence-electron chi connectivity index (χ1n) is 8.36. The lowest BCUT2D eigenvalue weighted by Crippen LogP contribution is -2.42. The maximum absolute atomic E-state index is 12.6. The number of urea groups is 1. The Kier molecular flexibility index (Phi) is 6.36. The summed E-state index contributed by atoms with van der Waals surface area (Å²) in [7, 11) is 0. The summed E-state index contributed by atoms with van der Waals surface area (Å²) in [5, 5.41) is 11.7. The summed E-state index contributed by atoms with van der Waals surface area (Å²) in [6, 6.07) is 10.8. The molecule has 0 atom stereocenters. The zero-order valence-electron chi connectivity index (χ0n) is 14.9. The van der Waals surface area contributed by atoms with E-state index in [1.54, 1.807) is 22.9 Å². The van der Waals surface area contributed by atoms with Crippen molar-refractivity contribution in [2.24, 2.45) is 0 Å². The molecule has 1 heterocycles. The molecule has 6 nitrogen and oxygen atoms in total. The summed E-state index contributed by atoms with van der Waals surface area (Å²) < 4.78 is 1.56. The Hall–Kier alpha value is -2.60. The van der Waals surface area contributed by atoms with Crippen LogP contribution in [0.3, 0.4) is 0 Å². The van der Waals surface area contributed by atoms with Crippen molar-refractivity contribution < 1.29 is 9.90 Å². The Bertz CT molecular complexity index is 766. The first-order valence-corrected chi connectivity index (χ1v) is 8.36. The highest BCUT2D eigenvalue weighted by Gasteiger charge is 2.17. The molecule has 0 spiro atoms. The number of pyridine rings is 1. The topological polar surface area (TPSA) is 74.6 Å². The lowest BCUT2D eigenvalue weighted by Gasteiger charge is -2.26. The van der Waals surface area contributed by atoms with Crippen LogP contribution in [0.4, 0.5) is 10.5 Å². The van der Waals surface area contributed by atoms with Gasteiger partial charge in [-0.25, -0.2) is 4.79 Å². The van der Waals surface area contributed by atoms with Gasteiger partial charge in [-0.05, 0) is 38.5 Å². The molecule has 2 amide bonds. The van der Waals surface area contributed by atoms with Gasteiger partial charge in [0.05, 0.1) is 13.2 Å². The molecular formula is C19H25N3O3. The van der Waals surface area contributed by atoms with Crippen LogP contribution in [0.2, 0.25) is 0 Å². The molecule has 0 saturated heterocycles. The molecule has 6 heteroatoms. The SMILES string of the molecule is Cc1ccc(Cn2cccc(NC(=O)N(CCO)C(C)C)c2=O)cc1. The van der Waals surface area contributed by atoms with E-state index in [0.29, 0.717) is 6.54 Å². The van der Waals surface area contributed by atoms with E-state index in [1.165, 1.54) is 4.90 Å². The second-order valence-electron chi connectivity index (χ2n) is 6.28. The average Bonchev–Trinajstić information content (AvgIpc) is 2.57. The Morgan fingerprint density at radius 1 is 1.24 bits per heavy atom. The van der Waals surface area contributed by atoms with Gasteiger partial charge in [0.15, 0.2) is 0 Å². The first kappa shape index (κ1) is 18.7. The van der Waals surface area contributed by atoms with Crippen molar-refractivity contribution in [1.29, 1.82) is 0 Å². The molecule has 0 aliphatic carbocycles. The van der Waals surface area contributed by atoms with Gasteiger partial charge in [-0.3, -0.25) is 4.79 Å². The van der Waals surface area contributed by atoms with Crippen LogP contribution in [0.5, 0.6) is 0 Å². The molecule has 2 aromatic rings. The standard InChI is InChI=1S/C19H25N3O3/c1-14(2)22(11-12-23)19(25)20-17-5-4-10-21(18(17)24)13-16-8-6-15(3)7-9-16/h4-10,14,23H,11-13H2,1-3H3,(H,20,25). The van der Waals surface area contributed by atoms with E-state index in [1.807, 2.05) is 45.0 Å². The largest absolute Gasteiger partial charge is 0.395 e. The molecule has 0 saturated carbocycles. The molecule has 2 rings (SSSR count). The summed E-state index contributed by atoms with van der Waals surface area (Å²) in [6.07, 6.45) is 1.70. The van der Waals surface area contributed by atoms with E-state index in [9.17, 15) is 9.59 Å². The number of nitrogens with one attached hydrogen (secondary N) is 1. The number of aromatic nitrogens is 1. The lowest BCUT2D eigenvalue weighted by atomic mass is 10.1. The average molecular weight is 343 g/mol. The number of benzene rings is 1. The minimum atomic E-state index is -0.394. The third-order valence-electron chi connectivity index (χ3n) is 3.96. The zero-order chi connectivity index (χ0) is 18.4. The lowest BCUT2D eigenvalue weighted by molar-refractivity contribution is 0.172. The van der Waals surface area contributed by atoms with Crippen LogP contribution in [0.1, 0.15) is 25.0 Å². The van der Waals surface area contributed by atoms with Crippen LogP contribution in [-0.2, 0) is 6.54 Å². The minimum absolute atomic E-state index is 0.0781. The quantitative estimate of drug-likeness (QED) is 0.846. The van der Waals surface area contributed by atoms with E-state index in [0.717, 1.165) is 11.1 Å². The van der Waals surface area contributed by atoms with Gasteiger partial charge in [0.25, 0.3) is 5.56 Å². The molecule has 0 radical (unpaired) electrons. The Morgan fingerprint density at radius 2 is 1.92 bits per heavy atom. The van der Waals surface area contributed by atoms with E-state index < -0.39 is 6.03 Å². The number of aryl methyl sites for hydroxylation is 1. The van der Waals surface area contributed by atoms with Crippen molar-refractivity contribution in [1.82, 2.24) is 9.47 Å². The highest BCUT2D eigenvalue weighted by Crippen LogP contribution is 2.07. The normalized spacial score (nSPS) is 10.8. The highest BCUT2D eigenvalue weighted by molar-refractivity contribution is 5.89. The summed E-state index contributed by atoms with van der Waals surface area (Å²) in [6.45, 7) is 6.25. The Balaban J connectivity index is 2.18. The predicted octanol–water partition coefficient (Wildman–Crippen LogP) is 2.44. The molecule has 0 unspecified atom stereocenters. The van der Waals surface area contributed by atoms with Gasteiger partial charge in [0.2, 0.25) is 0 Å². The summed E-state index contributed by atoms with van der Waals surface area (Å²) >= 11 is 0. The van der Waals surface area contributed by atoms with E-state index >= 15 is 0 Å². The molecule has 1 aromatic carbocycles. The van der Waals surface area contributed by atoms with Gasteiger partial charge in [-0.2, -0.15) is 0 Å². The molecule has 0 aliphatic heterocycles. The van der Waals surface area contributed by atoms with Crippen LogP contribution in [-0.4, -0.2) is 39.8 Å². The second-order valence-corrected chi connectivity index (χ2v) is 6.28. The van der Waals surface area contributed by atoms with Gasteiger partial charge in [0, 0.05) is 18.8 Å². The molecule has 0 fully saturated rings. The van der Waals surface area contributed by atoms with Crippen molar-refractivity contribution in [3.05, 3.63) is 64.1 Å². The zero-order valence-corrected chi connectivity index (χ0v) is 14.9. The van der Waals surface area contributed by atoms with Crippen LogP contribution in [0, 0.1) is 6.92 Å². The number of amides is 2.